The van der Waals surface area contributed by atoms with Crippen LogP contribution in [0.4, 0.5) is 0 Å². The summed E-state index contributed by atoms with van der Waals surface area (Å²) >= 11 is 7.17. The van der Waals surface area contributed by atoms with Gasteiger partial charge in [0.1, 0.15) is 9.65 Å². The number of hydrogen-bond donors (Lipinski definition) is 2. The smallest absolute Gasteiger partial charge is 0.318 e. The molecule has 46 heavy (non-hydrogen) atoms. The first-order valence-corrected chi connectivity index (χ1v) is 18.1. The third-order valence-electron chi connectivity index (χ3n) is 9.35. The van der Waals surface area contributed by atoms with E-state index < -0.39 is 32.4 Å². The summed E-state index contributed by atoms with van der Waals surface area (Å²) in [5.41, 5.74) is 2.73. The van der Waals surface area contributed by atoms with Gasteiger partial charge in [-0.05, 0) is 35.1 Å². The number of rotatable bonds is 19. The predicted molar refractivity (Wildman–Crippen MR) is 194 cm³/mol. The molecule has 2 atom stereocenters. The molecule has 0 fully saturated rings. The minimum Gasteiger partial charge on any atom is -0.480 e. The Morgan fingerprint density at radius 2 is 0.652 bits per heavy atom. The van der Waals surface area contributed by atoms with Crippen LogP contribution in [0.5, 0.6) is 0 Å². The second-order valence-electron chi connectivity index (χ2n) is 12.1. The summed E-state index contributed by atoms with van der Waals surface area (Å²) in [6, 6.07) is 40.1. The van der Waals surface area contributed by atoms with Crippen molar-refractivity contribution >= 4 is 43.8 Å². The average Bonchev–Trinajstić information content (AvgIpc) is 3.10. The highest BCUT2D eigenvalue weighted by molar-refractivity contribution is 9.10. The molecular weight excluding hydrogens is 704 g/mol. The third kappa shape index (κ3) is 8.38. The Hall–Kier alpha value is -3.22. The SMILES string of the molecule is O=C(O)C(Br)C(CCCCCCCCCCC(c1ccccc1)(c1ccccc1)C(Br)C(=O)O)(c1ccccc1)c1ccccc1. The monoisotopic (exact) mass is 746 g/mol. The number of carbonyl (C=O) groups is 2. The number of aliphatic carboxylic acids is 2. The quantitative estimate of drug-likeness (QED) is 0.0740. The number of alkyl halides is 2. The van der Waals surface area contributed by atoms with Gasteiger partial charge in [-0.25, -0.2) is 0 Å². The summed E-state index contributed by atoms with van der Waals surface area (Å²) in [6.45, 7) is 0. The van der Waals surface area contributed by atoms with Gasteiger partial charge in [0.25, 0.3) is 0 Å². The molecule has 0 radical (unpaired) electrons. The van der Waals surface area contributed by atoms with E-state index in [1.165, 1.54) is 0 Å². The van der Waals surface area contributed by atoms with E-state index in [0.29, 0.717) is 0 Å². The van der Waals surface area contributed by atoms with E-state index in [9.17, 15) is 19.8 Å². The summed E-state index contributed by atoms with van der Waals surface area (Å²) in [4.78, 5) is 23.2. The maximum absolute atomic E-state index is 12.4. The molecule has 0 saturated carbocycles. The van der Waals surface area contributed by atoms with E-state index >= 15 is 0 Å². The van der Waals surface area contributed by atoms with Crippen LogP contribution in [-0.2, 0) is 20.4 Å². The lowest BCUT2D eigenvalue weighted by Crippen LogP contribution is -2.42. The Labute approximate surface area is 290 Å². The highest BCUT2D eigenvalue weighted by Gasteiger charge is 2.45. The van der Waals surface area contributed by atoms with Gasteiger partial charge in [0.05, 0.1) is 0 Å². The molecule has 0 aliphatic heterocycles. The second-order valence-corrected chi connectivity index (χ2v) is 14.0. The number of halogens is 2. The van der Waals surface area contributed by atoms with Gasteiger partial charge in [-0.1, -0.05) is 205 Å². The molecule has 6 heteroatoms. The first kappa shape index (κ1) is 35.6. The average molecular weight is 749 g/mol. The van der Waals surface area contributed by atoms with Crippen LogP contribution in [0.15, 0.2) is 121 Å². The van der Waals surface area contributed by atoms with Crippen LogP contribution in [0.3, 0.4) is 0 Å². The topological polar surface area (TPSA) is 74.6 Å². The van der Waals surface area contributed by atoms with E-state index in [0.717, 1.165) is 86.5 Å². The fourth-order valence-corrected chi connectivity index (χ4v) is 8.50. The molecule has 0 aliphatic rings. The van der Waals surface area contributed by atoms with Crippen LogP contribution in [0, 0.1) is 0 Å². The first-order chi connectivity index (χ1) is 22.3. The maximum Gasteiger partial charge on any atom is 0.318 e. The molecule has 0 amide bonds. The van der Waals surface area contributed by atoms with E-state index in [-0.39, 0.29) is 0 Å². The molecule has 0 spiro atoms. The number of carboxylic acid groups (broad SMARTS) is 2. The van der Waals surface area contributed by atoms with Gasteiger partial charge < -0.3 is 10.2 Å². The lowest BCUT2D eigenvalue weighted by molar-refractivity contribution is -0.138. The van der Waals surface area contributed by atoms with Crippen molar-refractivity contribution in [3.8, 4) is 0 Å². The molecule has 2 unspecified atom stereocenters. The molecule has 0 bridgehead atoms. The predicted octanol–water partition coefficient (Wildman–Crippen LogP) is 10.6. The van der Waals surface area contributed by atoms with Crippen LogP contribution in [0.1, 0.15) is 86.5 Å². The van der Waals surface area contributed by atoms with Gasteiger partial charge in [-0.15, -0.1) is 0 Å². The summed E-state index contributed by atoms with van der Waals surface area (Å²) in [5.74, 6) is -1.71. The normalized spacial score (nSPS) is 13.2. The van der Waals surface area contributed by atoms with Gasteiger partial charge in [0, 0.05) is 10.8 Å². The molecule has 242 valence electrons. The molecular formula is C40H44Br2O4. The van der Waals surface area contributed by atoms with Crippen molar-refractivity contribution in [2.24, 2.45) is 0 Å². The zero-order valence-electron chi connectivity index (χ0n) is 26.2. The minimum absolute atomic E-state index is 0.665. The fourth-order valence-electron chi connectivity index (χ4n) is 6.98. The minimum atomic E-state index is -0.856. The van der Waals surface area contributed by atoms with Gasteiger partial charge in [-0.3, -0.25) is 9.59 Å². The van der Waals surface area contributed by atoms with Crippen LogP contribution < -0.4 is 0 Å². The molecule has 4 aromatic carbocycles. The van der Waals surface area contributed by atoms with E-state index in [1.807, 2.05) is 121 Å². The summed E-state index contributed by atoms with van der Waals surface area (Å²) in [6.07, 6.45) is 9.85. The van der Waals surface area contributed by atoms with Crippen LogP contribution in [0.2, 0.25) is 0 Å². The first-order valence-electron chi connectivity index (χ1n) is 16.3. The van der Waals surface area contributed by atoms with Gasteiger partial charge >= 0.3 is 11.9 Å². The van der Waals surface area contributed by atoms with Crippen molar-refractivity contribution in [3.63, 3.8) is 0 Å². The lowest BCUT2D eigenvalue weighted by Gasteiger charge is -2.38. The number of hydrogen-bond acceptors (Lipinski definition) is 2. The summed E-state index contributed by atoms with van der Waals surface area (Å²) in [5, 5.41) is 20.3. The maximum atomic E-state index is 12.4. The summed E-state index contributed by atoms with van der Waals surface area (Å²) < 4.78 is 0. The van der Waals surface area contributed by atoms with Crippen molar-refractivity contribution in [1.82, 2.24) is 0 Å². The van der Waals surface area contributed by atoms with E-state index in [2.05, 4.69) is 31.9 Å². The molecule has 4 nitrogen and oxygen atoms in total. The van der Waals surface area contributed by atoms with Crippen LogP contribution in [-0.4, -0.2) is 31.8 Å². The van der Waals surface area contributed by atoms with Crippen molar-refractivity contribution in [1.29, 1.82) is 0 Å². The highest BCUT2D eigenvalue weighted by atomic mass is 79.9. The van der Waals surface area contributed by atoms with Crippen molar-refractivity contribution in [3.05, 3.63) is 144 Å². The molecule has 0 aromatic heterocycles. The second kappa shape index (κ2) is 17.6. The lowest BCUT2D eigenvalue weighted by atomic mass is 9.68. The highest BCUT2D eigenvalue weighted by Crippen LogP contribution is 2.45. The molecule has 0 heterocycles. The molecule has 0 saturated heterocycles. The Kier molecular flexibility index (Phi) is 13.7. The molecule has 4 rings (SSSR count). The number of unbranched alkanes of at least 4 members (excludes halogenated alkanes) is 7. The van der Waals surface area contributed by atoms with Crippen molar-refractivity contribution in [2.45, 2.75) is 84.7 Å². The third-order valence-corrected chi connectivity index (χ3v) is 11.7. The zero-order valence-corrected chi connectivity index (χ0v) is 29.4. The largest absolute Gasteiger partial charge is 0.480 e. The van der Waals surface area contributed by atoms with E-state index in [4.69, 9.17) is 0 Å². The van der Waals surface area contributed by atoms with Crippen molar-refractivity contribution < 1.29 is 19.8 Å². The Morgan fingerprint density at radius 1 is 0.435 bits per heavy atom. The Balaban J connectivity index is 1.33. The van der Waals surface area contributed by atoms with E-state index in [1.54, 1.807) is 0 Å². The van der Waals surface area contributed by atoms with Gasteiger partial charge in [0.15, 0.2) is 0 Å². The summed E-state index contributed by atoms with van der Waals surface area (Å²) in [7, 11) is 0. The Bertz CT molecular complexity index is 1290. The van der Waals surface area contributed by atoms with Gasteiger partial charge in [0.2, 0.25) is 0 Å². The number of benzene rings is 4. The molecule has 2 N–H and O–H groups in total. The van der Waals surface area contributed by atoms with Crippen LogP contribution in [0.25, 0.3) is 0 Å². The fraction of sp³-hybridized carbons (Fsp3) is 0.350. The standard InChI is InChI=1S/C40H44Br2O4/c41-35(37(43)44)39(31-21-11-7-12-22-31,32-23-13-8-14-24-32)29-19-5-3-1-2-4-6-20-30-40(36(42)38(45)46,33-25-15-9-16-26-33)34-27-17-10-18-28-34/h7-18,21-28,35-36H,1-6,19-20,29-30H2,(H,43,44)(H,45,46). The van der Waals surface area contributed by atoms with Crippen molar-refractivity contribution in [2.75, 3.05) is 0 Å². The zero-order chi connectivity index (χ0) is 32.8. The number of carboxylic acids is 2. The molecule has 0 aliphatic carbocycles. The van der Waals surface area contributed by atoms with Gasteiger partial charge in [-0.2, -0.15) is 0 Å². The van der Waals surface area contributed by atoms with Crippen LogP contribution >= 0.6 is 31.9 Å². The molecule has 4 aromatic rings. The Morgan fingerprint density at radius 3 is 0.870 bits per heavy atom.